The third-order valence-electron chi connectivity index (χ3n) is 7.97. The molecule has 6 heteroatoms. The van der Waals surface area contributed by atoms with Gasteiger partial charge in [-0.2, -0.15) is 18.2 Å². The normalized spacial score (nSPS) is 22.6. The van der Waals surface area contributed by atoms with Gasteiger partial charge in [-0.25, -0.2) is 30.7 Å². The average Bonchev–Trinajstić information content (AvgIpc) is 3.72. The molecule has 0 unspecified atom stereocenters. The van der Waals surface area contributed by atoms with Crippen LogP contribution < -0.4 is 0 Å². The smallest absolute Gasteiger partial charge is 0.293 e. The molecule has 1 saturated heterocycles. The molecular formula is C31H23FeNO4. The van der Waals surface area contributed by atoms with Gasteiger partial charge in [0, 0.05) is 28.8 Å². The van der Waals surface area contributed by atoms with E-state index in [-0.39, 0.29) is 45.9 Å². The van der Waals surface area contributed by atoms with E-state index in [1.807, 2.05) is 55.3 Å². The van der Waals surface area contributed by atoms with E-state index >= 15 is 0 Å². The van der Waals surface area contributed by atoms with Gasteiger partial charge >= 0.3 is 17.1 Å². The summed E-state index contributed by atoms with van der Waals surface area (Å²) in [6, 6.07) is 23.3. The summed E-state index contributed by atoms with van der Waals surface area (Å²) in [5.41, 5.74) is -2.58. The van der Waals surface area contributed by atoms with Crippen LogP contribution in [0.5, 0.6) is 0 Å². The Balaban J connectivity index is 0.000000421. The molecule has 0 N–H and O–H groups in total. The van der Waals surface area contributed by atoms with Crippen molar-refractivity contribution in [3.63, 3.8) is 0 Å². The van der Waals surface area contributed by atoms with Crippen LogP contribution in [0.4, 0.5) is 0 Å². The molecule has 3 aromatic carbocycles. The molecular weight excluding hydrogens is 506 g/mol. The number of Topliss-reactive ketones (excluding diaryl/α,β-unsaturated/α-hetero) is 4. The van der Waals surface area contributed by atoms with Gasteiger partial charge in [0.1, 0.15) is 5.41 Å². The van der Waals surface area contributed by atoms with Crippen LogP contribution in [0, 0.1) is 30.1 Å². The maximum Gasteiger partial charge on any atom is 2.00 e. The van der Waals surface area contributed by atoms with Crippen molar-refractivity contribution in [3.8, 4) is 0 Å². The van der Waals surface area contributed by atoms with Crippen molar-refractivity contribution in [1.82, 2.24) is 4.90 Å². The van der Waals surface area contributed by atoms with Gasteiger partial charge in [0.25, 0.3) is 0 Å². The summed E-state index contributed by atoms with van der Waals surface area (Å²) in [6.07, 6.45) is 7.41. The van der Waals surface area contributed by atoms with E-state index in [4.69, 9.17) is 0 Å². The first kappa shape index (κ1) is 25.2. The number of ketones is 4. The van der Waals surface area contributed by atoms with Crippen LogP contribution in [-0.2, 0) is 17.1 Å². The minimum Gasteiger partial charge on any atom is -0.293 e. The quantitative estimate of drug-likeness (QED) is 0.266. The van der Waals surface area contributed by atoms with Gasteiger partial charge in [0.2, 0.25) is 0 Å². The van der Waals surface area contributed by atoms with Gasteiger partial charge in [0.05, 0.1) is 0 Å². The Morgan fingerprint density at radius 3 is 1.65 bits per heavy atom. The van der Waals surface area contributed by atoms with Crippen LogP contribution in [0.15, 0.2) is 91.0 Å². The molecule has 0 aromatic heterocycles. The van der Waals surface area contributed by atoms with Gasteiger partial charge < -0.3 is 0 Å². The molecule has 5 nitrogen and oxygen atoms in total. The summed E-state index contributed by atoms with van der Waals surface area (Å²) in [7, 11) is 1.68. The Labute approximate surface area is 226 Å². The summed E-state index contributed by atoms with van der Waals surface area (Å²) >= 11 is 0. The van der Waals surface area contributed by atoms with Gasteiger partial charge in [-0.3, -0.25) is 24.1 Å². The predicted octanol–water partition coefficient (Wildman–Crippen LogP) is 4.39. The Morgan fingerprint density at radius 2 is 1.24 bits per heavy atom. The fraction of sp³-hybridized carbons (Fsp3) is 0.161. The molecule has 184 valence electrons. The summed E-state index contributed by atoms with van der Waals surface area (Å²) in [4.78, 5) is 57.9. The number of carbonyl (C=O) groups excluding carboxylic acids is 4. The zero-order chi connectivity index (χ0) is 25.1. The number of rotatable bonds is 1. The molecule has 2 radical (unpaired) electrons. The number of likely N-dealkylation sites (N-methyl/N-ethyl adjacent to an activating group) is 1. The molecule has 1 heterocycles. The number of likely N-dealkylation sites (tertiary alicyclic amines) is 1. The van der Waals surface area contributed by atoms with E-state index in [0.717, 1.165) is 5.92 Å². The predicted molar refractivity (Wildman–Crippen MR) is 135 cm³/mol. The second-order valence-electron chi connectivity index (χ2n) is 9.54. The number of hydrogen-bond acceptors (Lipinski definition) is 5. The first-order valence-electron chi connectivity index (χ1n) is 11.9. The van der Waals surface area contributed by atoms with E-state index in [0.29, 0.717) is 0 Å². The first-order chi connectivity index (χ1) is 17.5. The molecule has 1 fully saturated rings. The van der Waals surface area contributed by atoms with E-state index < -0.39 is 40.0 Å². The van der Waals surface area contributed by atoms with Crippen molar-refractivity contribution in [2.75, 3.05) is 13.6 Å². The van der Waals surface area contributed by atoms with E-state index in [1.165, 1.54) is 0 Å². The van der Waals surface area contributed by atoms with Crippen molar-refractivity contribution in [2.24, 2.45) is 11.3 Å². The van der Waals surface area contributed by atoms with Crippen LogP contribution in [0.2, 0.25) is 0 Å². The average molecular weight is 529 g/mol. The minimum absolute atomic E-state index is 0. The maximum absolute atomic E-state index is 14.1. The van der Waals surface area contributed by atoms with E-state index in [1.54, 1.807) is 60.5 Å². The fourth-order valence-electron chi connectivity index (χ4n) is 6.53. The topological polar surface area (TPSA) is 71.5 Å². The third-order valence-corrected chi connectivity index (χ3v) is 7.97. The molecule has 4 aliphatic rings. The van der Waals surface area contributed by atoms with Crippen LogP contribution in [0.25, 0.3) is 0 Å². The van der Waals surface area contributed by atoms with Crippen LogP contribution >= 0.6 is 0 Å². The summed E-state index contributed by atoms with van der Waals surface area (Å²) < 4.78 is 0. The van der Waals surface area contributed by atoms with Crippen LogP contribution in [0.3, 0.4) is 0 Å². The van der Waals surface area contributed by atoms with Gasteiger partial charge in [-0.1, -0.05) is 54.4 Å². The molecule has 3 aliphatic carbocycles. The first-order valence-corrected chi connectivity index (χ1v) is 11.9. The zero-order valence-electron chi connectivity index (χ0n) is 20.0. The van der Waals surface area contributed by atoms with Gasteiger partial charge in [-0.15, -0.1) is 6.42 Å². The van der Waals surface area contributed by atoms with Crippen LogP contribution in [0.1, 0.15) is 41.4 Å². The Hall–Kier alpha value is -3.44. The maximum atomic E-state index is 14.1. The SMILES string of the molecule is CN1C[C@@H]([C]2[CH]C=C[CH-]2)C2(C(=O)c3ccccc3C2=O)C12C(=O)c1ccccc1C2=O.[Fe+2].c1cc[cH-]c1. The number of hydrogen-bond donors (Lipinski definition) is 0. The second-order valence-corrected chi connectivity index (χ2v) is 9.54. The molecule has 2 spiro atoms. The number of allylic oxidation sites excluding steroid dienone is 2. The van der Waals surface area contributed by atoms with Gasteiger partial charge in [-0.05, 0) is 13.0 Å². The van der Waals surface area contributed by atoms with E-state index in [2.05, 4.69) is 0 Å². The standard InChI is InChI=1S/C26H18NO4.C5H5.Fe/c1-27-14-20(15-8-2-3-9-15)25(21(28)16-10-4-5-11-17(16)22(25)29)26(27)23(30)18-12-6-7-13-19(18)24(26)31;1-2-4-5-3-1;/h2-13,20H,14H2,1H3;1-5H;/q2*-1;+2/t20-;;/m0../s1. The summed E-state index contributed by atoms with van der Waals surface area (Å²) in [5.74, 6) is -1.61. The summed E-state index contributed by atoms with van der Waals surface area (Å²) in [5, 5.41) is 0. The zero-order valence-corrected chi connectivity index (χ0v) is 21.1. The molecule has 0 saturated carbocycles. The number of fused-ring (bicyclic) bond motifs is 3. The molecule has 0 amide bonds. The molecule has 37 heavy (non-hydrogen) atoms. The molecule has 1 atom stereocenters. The Bertz CT molecular complexity index is 1340. The van der Waals surface area contributed by atoms with Crippen molar-refractivity contribution in [3.05, 3.63) is 132 Å². The number of carbonyl (C=O) groups is 4. The second kappa shape index (κ2) is 9.14. The number of benzene rings is 2. The fourth-order valence-corrected chi connectivity index (χ4v) is 6.53. The van der Waals surface area contributed by atoms with Crippen molar-refractivity contribution in [1.29, 1.82) is 0 Å². The van der Waals surface area contributed by atoms with Crippen molar-refractivity contribution < 1.29 is 36.2 Å². The Morgan fingerprint density at radius 1 is 0.757 bits per heavy atom. The molecule has 3 aromatic rings. The minimum atomic E-state index is -1.88. The largest absolute Gasteiger partial charge is 2.00 e. The molecule has 1 aliphatic heterocycles. The van der Waals surface area contributed by atoms with Crippen molar-refractivity contribution >= 4 is 23.1 Å². The summed E-state index contributed by atoms with van der Waals surface area (Å²) in [6.45, 7) is 0.251. The van der Waals surface area contributed by atoms with Crippen molar-refractivity contribution in [2.45, 2.75) is 5.54 Å². The van der Waals surface area contributed by atoms with E-state index in [9.17, 15) is 19.2 Å². The van der Waals surface area contributed by atoms with Crippen LogP contribution in [-0.4, -0.2) is 47.2 Å². The van der Waals surface area contributed by atoms with Gasteiger partial charge in [0.15, 0.2) is 28.7 Å². The Kier molecular flexibility index (Phi) is 6.23. The third kappa shape index (κ3) is 3.07. The number of nitrogens with zero attached hydrogens (tertiary/aromatic N) is 1. The molecule has 7 rings (SSSR count). The molecule has 0 bridgehead atoms. The monoisotopic (exact) mass is 529 g/mol.